The third-order valence-corrected chi connectivity index (χ3v) is 2.42. The average molecular weight is 240 g/mol. The highest BCUT2D eigenvalue weighted by Crippen LogP contribution is 2.37. The Kier molecular flexibility index (Phi) is 4.34. The lowest BCUT2D eigenvalue weighted by atomic mass is 10.0. The molecule has 0 aromatic heterocycles. The zero-order valence-electron chi connectivity index (χ0n) is 10.3. The van der Waals surface area contributed by atoms with Crippen LogP contribution < -0.4 is 14.2 Å². The third kappa shape index (κ3) is 2.68. The van der Waals surface area contributed by atoms with Gasteiger partial charge in [0.1, 0.15) is 11.9 Å². The number of carbonyl (C=O) groups is 1. The van der Waals surface area contributed by atoms with Gasteiger partial charge in [0.15, 0.2) is 17.3 Å². The molecule has 0 aliphatic rings. The fourth-order valence-corrected chi connectivity index (χ4v) is 1.49. The van der Waals surface area contributed by atoms with Crippen molar-refractivity contribution in [2.75, 3.05) is 21.3 Å². The number of methoxy groups -OCH3 is 3. The Morgan fingerprint density at radius 2 is 1.53 bits per heavy atom. The Hall–Kier alpha value is -1.75. The topological polar surface area (TPSA) is 65.0 Å². The number of aliphatic hydroxyl groups excluding tert-OH is 1. The SMILES string of the molecule is COc1cc(OC)c([C@@H](O)C(C)=O)cc1OC. The van der Waals surface area contributed by atoms with Gasteiger partial charge in [0.25, 0.3) is 0 Å². The Balaban J connectivity index is 3.33. The monoisotopic (exact) mass is 240 g/mol. The molecule has 0 unspecified atom stereocenters. The van der Waals surface area contributed by atoms with Gasteiger partial charge in [-0.05, 0) is 13.0 Å². The Morgan fingerprint density at radius 1 is 1.06 bits per heavy atom. The molecule has 1 aromatic rings. The number of ketones is 1. The highest BCUT2D eigenvalue weighted by molar-refractivity contribution is 5.82. The van der Waals surface area contributed by atoms with E-state index in [-0.39, 0.29) is 5.78 Å². The molecule has 0 heterocycles. The molecule has 0 amide bonds. The zero-order valence-corrected chi connectivity index (χ0v) is 10.3. The summed E-state index contributed by atoms with van der Waals surface area (Å²) in [5.41, 5.74) is 0.359. The van der Waals surface area contributed by atoms with Gasteiger partial charge >= 0.3 is 0 Å². The van der Waals surface area contributed by atoms with Crippen molar-refractivity contribution in [3.63, 3.8) is 0 Å². The van der Waals surface area contributed by atoms with E-state index in [9.17, 15) is 9.90 Å². The number of benzene rings is 1. The van der Waals surface area contributed by atoms with Gasteiger partial charge in [0.05, 0.1) is 21.3 Å². The number of carbonyl (C=O) groups excluding carboxylic acids is 1. The second-order valence-corrected chi connectivity index (χ2v) is 3.46. The van der Waals surface area contributed by atoms with E-state index in [0.29, 0.717) is 22.8 Å². The van der Waals surface area contributed by atoms with Crippen molar-refractivity contribution < 1.29 is 24.1 Å². The maximum atomic E-state index is 11.2. The molecule has 0 aliphatic carbocycles. The third-order valence-electron chi connectivity index (χ3n) is 2.42. The summed E-state index contributed by atoms with van der Waals surface area (Å²) in [4.78, 5) is 11.2. The molecule has 1 atom stereocenters. The number of aliphatic hydroxyl groups is 1. The van der Waals surface area contributed by atoms with E-state index in [0.717, 1.165) is 0 Å². The quantitative estimate of drug-likeness (QED) is 0.841. The van der Waals surface area contributed by atoms with Crippen molar-refractivity contribution in [3.05, 3.63) is 17.7 Å². The van der Waals surface area contributed by atoms with Gasteiger partial charge in [0, 0.05) is 11.6 Å². The molecule has 0 spiro atoms. The van der Waals surface area contributed by atoms with Gasteiger partial charge < -0.3 is 19.3 Å². The van der Waals surface area contributed by atoms with Crippen LogP contribution in [0, 0.1) is 0 Å². The summed E-state index contributed by atoms with van der Waals surface area (Å²) in [5.74, 6) is 0.924. The standard InChI is InChI=1S/C12H16O5/c1-7(13)12(14)8-5-10(16-3)11(17-4)6-9(8)15-2/h5-6,12,14H,1-4H3/t12-/m0/s1. The molecule has 0 saturated heterocycles. The molecule has 0 bridgehead atoms. The smallest absolute Gasteiger partial charge is 0.164 e. The predicted octanol–water partition coefficient (Wildman–Crippen LogP) is 1.33. The van der Waals surface area contributed by atoms with Crippen LogP contribution in [0.3, 0.4) is 0 Å². The van der Waals surface area contributed by atoms with Crippen molar-refractivity contribution in [2.24, 2.45) is 0 Å². The van der Waals surface area contributed by atoms with Crippen LogP contribution in [0.5, 0.6) is 17.2 Å². The zero-order chi connectivity index (χ0) is 13.0. The number of hydrogen-bond acceptors (Lipinski definition) is 5. The molecule has 1 rings (SSSR count). The first-order valence-electron chi connectivity index (χ1n) is 5.03. The molecule has 0 radical (unpaired) electrons. The molecule has 5 nitrogen and oxygen atoms in total. The van der Waals surface area contributed by atoms with Crippen LogP contribution in [0.1, 0.15) is 18.6 Å². The maximum absolute atomic E-state index is 11.2. The Bertz CT molecular complexity index is 414. The van der Waals surface area contributed by atoms with Crippen LogP contribution in [0.25, 0.3) is 0 Å². The molecule has 0 fully saturated rings. The maximum Gasteiger partial charge on any atom is 0.164 e. The van der Waals surface area contributed by atoms with Gasteiger partial charge in [0.2, 0.25) is 0 Å². The minimum absolute atomic E-state index is 0.359. The highest BCUT2D eigenvalue weighted by atomic mass is 16.5. The van der Waals surface area contributed by atoms with E-state index in [1.807, 2.05) is 0 Å². The molecule has 1 N–H and O–H groups in total. The van der Waals surface area contributed by atoms with E-state index in [1.165, 1.54) is 34.3 Å². The molecular formula is C12H16O5. The molecule has 1 aromatic carbocycles. The summed E-state index contributed by atoms with van der Waals surface area (Å²) in [6, 6.07) is 3.10. The van der Waals surface area contributed by atoms with Gasteiger partial charge in [-0.25, -0.2) is 0 Å². The van der Waals surface area contributed by atoms with Gasteiger partial charge in [-0.15, -0.1) is 0 Å². The van der Waals surface area contributed by atoms with E-state index in [4.69, 9.17) is 14.2 Å². The average Bonchev–Trinajstić information content (AvgIpc) is 2.35. The highest BCUT2D eigenvalue weighted by Gasteiger charge is 2.21. The number of Topliss-reactive ketones (excluding diaryl/α,β-unsaturated/α-hetero) is 1. The van der Waals surface area contributed by atoms with Crippen molar-refractivity contribution in [1.82, 2.24) is 0 Å². The predicted molar refractivity (Wildman–Crippen MR) is 61.7 cm³/mol. The summed E-state index contributed by atoms with van der Waals surface area (Å²) in [7, 11) is 4.43. The fourth-order valence-electron chi connectivity index (χ4n) is 1.49. The van der Waals surface area contributed by atoms with E-state index < -0.39 is 6.10 Å². The van der Waals surface area contributed by atoms with Crippen LogP contribution >= 0.6 is 0 Å². The minimum atomic E-state index is -1.23. The minimum Gasteiger partial charge on any atom is -0.496 e. The van der Waals surface area contributed by atoms with Gasteiger partial charge in [-0.3, -0.25) is 4.79 Å². The first-order chi connectivity index (χ1) is 8.04. The summed E-state index contributed by atoms with van der Waals surface area (Å²) in [5, 5.41) is 9.77. The molecular weight excluding hydrogens is 224 g/mol. The Morgan fingerprint density at radius 3 is 1.94 bits per heavy atom. The largest absolute Gasteiger partial charge is 0.496 e. The molecule has 5 heteroatoms. The lowest BCUT2D eigenvalue weighted by molar-refractivity contribution is -0.125. The van der Waals surface area contributed by atoms with Crippen LogP contribution in [-0.2, 0) is 4.79 Å². The van der Waals surface area contributed by atoms with Crippen molar-refractivity contribution in [3.8, 4) is 17.2 Å². The lowest BCUT2D eigenvalue weighted by Gasteiger charge is -2.16. The summed E-state index contributed by atoms with van der Waals surface area (Å²) in [6.07, 6.45) is -1.23. The van der Waals surface area contributed by atoms with Crippen LogP contribution in [-0.4, -0.2) is 32.2 Å². The van der Waals surface area contributed by atoms with Crippen molar-refractivity contribution in [2.45, 2.75) is 13.0 Å². The van der Waals surface area contributed by atoms with E-state index in [2.05, 4.69) is 0 Å². The summed E-state index contributed by atoms with van der Waals surface area (Å²) < 4.78 is 15.3. The van der Waals surface area contributed by atoms with Crippen molar-refractivity contribution >= 4 is 5.78 Å². The van der Waals surface area contributed by atoms with Crippen LogP contribution in [0.4, 0.5) is 0 Å². The molecule has 0 aliphatic heterocycles. The first-order valence-corrected chi connectivity index (χ1v) is 5.03. The molecule has 0 saturated carbocycles. The second-order valence-electron chi connectivity index (χ2n) is 3.46. The molecule has 17 heavy (non-hydrogen) atoms. The number of rotatable bonds is 5. The summed E-state index contributed by atoms with van der Waals surface area (Å²) >= 11 is 0. The molecule has 94 valence electrons. The fraction of sp³-hybridized carbons (Fsp3) is 0.417. The second kappa shape index (κ2) is 5.54. The lowest BCUT2D eigenvalue weighted by Crippen LogP contribution is -2.09. The van der Waals surface area contributed by atoms with Crippen LogP contribution in [0.2, 0.25) is 0 Å². The van der Waals surface area contributed by atoms with Crippen molar-refractivity contribution in [1.29, 1.82) is 0 Å². The summed E-state index contributed by atoms with van der Waals surface area (Å²) in [6.45, 7) is 1.31. The first kappa shape index (κ1) is 13.3. The van der Waals surface area contributed by atoms with E-state index >= 15 is 0 Å². The number of hydrogen-bond donors (Lipinski definition) is 1. The number of ether oxygens (including phenoxy) is 3. The van der Waals surface area contributed by atoms with Gasteiger partial charge in [-0.1, -0.05) is 0 Å². The van der Waals surface area contributed by atoms with E-state index in [1.54, 1.807) is 6.07 Å². The normalized spacial score (nSPS) is 11.8. The Labute approximate surface area is 99.9 Å². The van der Waals surface area contributed by atoms with Crippen LogP contribution in [0.15, 0.2) is 12.1 Å². The van der Waals surface area contributed by atoms with Gasteiger partial charge in [-0.2, -0.15) is 0 Å².